The van der Waals surface area contributed by atoms with E-state index in [-0.39, 0.29) is 38.2 Å². The summed E-state index contributed by atoms with van der Waals surface area (Å²) >= 11 is 0. The van der Waals surface area contributed by atoms with E-state index in [4.69, 9.17) is 17.2 Å². The van der Waals surface area contributed by atoms with E-state index < -0.39 is 47.9 Å². The molecule has 0 radical (unpaired) electrons. The zero-order valence-electron chi connectivity index (χ0n) is 25.7. The predicted molar refractivity (Wildman–Crippen MR) is 176 cm³/mol. The van der Waals surface area contributed by atoms with Gasteiger partial charge in [0.1, 0.15) is 18.1 Å². The summed E-state index contributed by atoms with van der Waals surface area (Å²) in [5.41, 5.74) is 19.9. The number of rotatable bonds is 17. The fraction of sp³-hybridized carbons (Fsp3) is 0.312. The quantitative estimate of drug-likeness (QED) is 0.0419. The average molecular weight is 645 g/mol. The molecule has 0 aliphatic rings. The number of benzene rings is 2. The van der Waals surface area contributed by atoms with Crippen molar-refractivity contribution in [2.45, 2.75) is 56.3 Å². The summed E-state index contributed by atoms with van der Waals surface area (Å²) in [6.07, 6.45) is 5.41. The first kappa shape index (κ1) is 34.2. The predicted octanol–water partition coefficient (Wildman–Crippen LogP) is -0.161. The second-order valence-corrected chi connectivity index (χ2v) is 11.1. The maximum absolute atomic E-state index is 13.8. The number of hydrogen-bond acceptors (Lipinski definition) is 7. The Hall–Kier alpha value is -5.70. The van der Waals surface area contributed by atoms with Gasteiger partial charge in [-0.25, -0.2) is 9.78 Å². The van der Waals surface area contributed by atoms with E-state index in [9.17, 15) is 24.3 Å². The van der Waals surface area contributed by atoms with Gasteiger partial charge in [0.15, 0.2) is 5.96 Å². The zero-order valence-corrected chi connectivity index (χ0v) is 25.7. The van der Waals surface area contributed by atoms with Gasteiger partial charge in [0.25, 0.3) is 0 Å². The van der Waals surface area contributed by atoms with E-state index in [2.05, 4.69) is 35.9 Å². The van der Waals surface area contributed by atoms with Crippen LogP contribution < -0.4 is 33.2 Å². The first-order valence-electron chi connectivity index (χ1n) is 15.1. The van der Waals surface area contributed by atoms with E-state index >= 15 is 0 Å². The van der Waals surface area contributed by atoms with Gasteiger partial charge >= 0.3 is 5.97 Å². The molecule has 248 valence electrons. The van der Waals surface area contributed by atoms with Crippen LogP contribution in [-0.2, 0) is 38.4 Å². The van der Waals surface area contributed by atoms with E-state index in [0.29, 0.717) is 17.7 Å². The number of nitrogens with zero attached hydrogens (tertiary/aromatic N) is 2. The highest BCUT2D eigenvalue weighted by molar-refractivity contribution is 5.95. The summed E-state index contributed by atoms with van der Waals surface area (Å²) in [5, 5.41) is 18.8. The number of carbonyl (C=O) groups is 4. The van der Waals surface area contributed by atoms with Crippen molar-refractivity contribution in [2.75, 3.05) is 6.54 Å². The fourth-order valence-corrected chi connectivity index (χ4v) is 5.10. The van der Waals surface area contributed by atoms with Crippen LogP contribution in [0.4, 0.5) is 0 Å². The van der Waals surface area contributed by atoms with E-state index in [1.54, 1.807) is 42.7 Å². The zero-order chi connectivity index (χ0) is 33.8. The van der Waals surface area contributed by atoms with Gasteiger partial charge in [-0.05, 0) is 30.0 Å². The Bertz CT molecular complexity index is 1670. The lowest BCUT2D eigenvalue weighted by molar-refractivity contribution is -0.142. The number of aromatic amines is 2. The molecule has 15 heteroatoms. The third-order valence-corrected chi connectivity index (χ3v) is 7.54. The van der Waals surface area contributed by atoms with E-state index in [0.717, 1.165) is 16.5 Å². The molecule has 2 heterocycles. The number of aliphatic carboxylic acids is 1. The molecular weight excluding hydrogens is 604 g/mol. The molecule has 0 fully saturated rings. The number of carboxylic acids is 1. The molecule has 12 N–H and O–H groups in total. The number of aliphatic imine (C=N–C) groups is 1. The molecule has 2 aromatic carbocycles. The average Bonchev–Trinajstić information content (AvgIpc) is 3.72. The van der Waals surface area contributed by atoms with Gasteiger partial charge in [-0.2, -0.15) is 0 Å². The Morgan fingerprint density at radius 1 is 0.830 bits per heavy atom. The van der Waals surface area contributed by atoms with Crippen molar-refractivity contribution in [2.24, 2.45) is 22.2 Å². The molecule has 0 saturated heterocycles. The van der Waals surface area contributed by atoms with Crippen molar-refractivity contribution in [3.8, 4) is 0 Å². The molecular formula is C32H40N10O5. The minimum absolute atomic E-state index is 0.0350. The highest BCUT2D eigenvalue weighted by atomic mass is 16.4. The van der Waals surface area contributed by atoms with E-state index in [1.807, 2.05) is 24.3 Å². The van der Waals surface area contributed by atoms with Gasteiger partial charge in [0.05, 0.1) is 12.4 Å². The van der Waals surface area contributed by atoms with Gasteiger partial charge < -0.3 is 48.2 Å². The van der Waals surface area contributed by atoms with Crippen LogP contribution in [0.1, 0.15) is 29.7 Å². The molecule has 4 rings (SSSR count). The number of fused-ring (bicyclic) bond motifs is 1. The summed E-state index contributed by atoms with van der Waals surface area (Å²) in [4.78, 5) is 66.7. The molecule has 2 aromatic heterocycles. The maximum atomic E-state index is 13.8. The molecule has 47 heavy (non-hydrogen) atoms. The highest BCUT2D eigenvalue weighted by Crippen LogP contribution is 2.19. The lowest BCUT2D eigenvalue weighted by Gasteiger charge is -2.25. The first-order chi connectivity index (χ1) is 22.6. The largest absolute Gasteiger partial charge is 0.480 e. The maximum Gasteiger partial charge on any atom is 0.326 e. The summed E-state index contributed by atoms with van der Waals surface area (Å²) in [6.45, 7) is 0.196. The topological polar surface area (TPSA) is 259 Å². The SMILES string of the molecule is NC(N)=NCCCC(NC(=O)C(N)Cc1cnc[nH]1)C(=O)NC(Cc1c[nH]c2ccccc12)C(=O)NC(Cc1ccccc1)C(=O)O. The number of para-hydroxylation sites is 1. The molecule has 0 saturated carbocycles. The molecule has 15 nitrogen and oxygen atoms in total. The van der Waals surface area contributed by atoms with Crippen LogP contribution in [0.3, 0.4) is 0 Å². The minimum atomic E-state index is -1.26. The number of imidazole rings is 1. The van der Waals surface area contributed by atoms with Gasteiger partial charge in [-0.15, -0.1) is 0 Å². The smallest absolute Gasteiger partial charge is 0.326 e. The highest BCUT2D eigenvalue weighted by Gasteiger charge is 2.31. The Morgan fingerprint density at radius 3 is 2.21 bits per heavy atom. The lowest BCUT2D eigenvalue weighted by Crippen LogP contribution is -2.58. The Kier molecular flexibility index (Phi) is 12.0. The Morgan fingerprint density at radius 2 is 1.51 bits per heavy atom. The molecule has 4 unspecified atom stereocenters. The van der Waals surface area contributed by atoms with Crippen molar-refractivity contribution in [3.63, 3.8) is 0 Å². The molecule has 3 amide bonds. The van der Waals surface area contributed by atoms with Crippen LogP contribution >= 0.6 is 0 Å². The van der Waals surface area contributed by atoms with Crippen molar-refractivity contribution in [1.29, 1.82) is 0 Å². The van der Waals surface area contributed by atoms with Crippen LogP contribution in [0.2, 0.25) is 0 Å². The van der Waals surface area contributed by atoms with Crippen LogP contribution in [0.5, 0.6) is 0 Å². The third-order valence-electron chi connectivity index (χ3n) is 7.54. The molecule has 0 bridgehead atoms. The van der Waals surface area contributed by atoms with Crippen molar-refractivity contribution < 1.29 is 24.3 Å². The number of hydrogen-bond donors (Lipinski definition) is 9. The van der Waals surface area contributed by atoms with Crippen LogP contribution in [0.15, 0.2) is 78.3 Å². The van der Waals surface area contributed by atoms with Crippen LogP contribution in [0, 0.1) is 0 Å². The number of H-pyrrole nitrogens is 2. The molecule has 4 aromatic rings. The number of carboxylic acid groups (broad SMARTS) is 1. The summed E-state index contributed by atoms with van der Waals surface area (Å²) in [5.74, 6) is -3.29. The normalized spacial score (nSPS) is 13.6. The van der Waals surface area contributed by atoms with E-state index in [1.165, 1.54) is 6.33 Å². The van der Waals surface area contributed by atoms with Gasteiger partial charge in [0.2, 0.25) is 17.7 Å². The molecule has 0 aliphatic carbocycles. The van der Waals surface area contributed by atoms with Crippen LogP contribution in [-0.4, -0.2) is 80.4 Å². The molecule has 0 aliphatic heterocycles. The standard InChI is InChI=1S/C32H40N10O5/c33-23(15-21-17-36-18-39-21)28(43)40-25(11-6-12-37-32(34)35)29(44)41-26(14-20-16-38-24-10-5-4-9-22(20)24)30(45)42-27(31(46)47)13-19-7-2-1-3-8-19/h1-5,7-10,16-18,23,25-27,38H,6,11-15,33H2,(H,36,39)(H,40,43)(H,41,44)(H,42,45)(H,46,47)(H4,34,35,37). The number of carbonyl (C=O) groups excluding carboxylic acids is 3. The van der Waals surface area contributed by atoms with Gasteiger partial charge in [-0.3, -0.25) is 19.4 Å². The monoisotopic (exact) mass is 644 g/mol. The van der Waals surface area contributed by atoms with Gasteiger partial charge in [-0.1, -0.05) is 48.5 Å². The van der Waals surface area contributed by atoms with Crippen molar-refractivity contribution in [3.05, 3.63) is 90.1 Å². The molecule has 0 spiro atoms. The summed E-state index contributed by atoms with van der Waals surface area (Å²) < 4.78 is 0. The fourth-order valence-electron chi connectivity index (χ4n) is 5.10. The van der Waals surface area contributed by atoms with Crippen molar-refractivity contribution in [1.82, 2.24) is 30.9 Å². The number of nitrogens with one attached hydrogen (secondary N) is 5. The second kappa shape index (κ2) is 16.6. The third kappa shape index (κ3) is 10.2. The number of guanidine groups is 1. The first-order valence-corrected chi connectivity index (χ1v) is 15.1. The van der Waals surface area contributed by atoms with Gasteiger partial charge in [0, 0.05) is 54.8 Å². The lowest BCUT2D eigenvalue weighted by atomic mass is 10.0. The molecule has 4 atom stereocenters. The van der Waals surface area contributed by atoms with Crippen molar-refractivity contribution >= 4 is 40.6 Å². The Labute approximate surface area is 270 Å². The second-order valence-electron chi connectivity index (χ2n) is 11.1. The number of nitrogens with two attached hydrogens (primary N) is 3. The minimum Gasteiger partial charge on any atom is -0.480 e. The number of aromatic nitrogens is 3. The summed E-state index contributed by atoms with van der Waals surface area (Å²) in [6, 6.07) is 11.8. The van der Waals surface area contributed by atoms with Crippen LogP contribution in [0.25, 0.3) is 10.9 Å². The Balaban J connectivity index is 1.55. The summed E-state index contributed by atoms with van der Waals surface area (Å²) in [7, 11) is 0. The number of amides is 3.